The van der Waals surface area contributed by atoms with Crippen molar-refractivity contribution < 1.29 is 19.1 Å². The highest BCUT2D eigenvalue weighted by Crippen LogP contribution is 2.26. The topological polar surface area (TPSA) is 111 Å². The van der Waals surface area contributed by atoms with Crippen molar-refractivity contribution in [2.24, 2.45) is 11.7 Å². The van der Waals surface area contributed by atoms with Crippen molar-refractivity contribution in [1.29, 1.82) is 0 Å². The van der Waals surface area contributed by atoms with Gasteiger partial charge in [-0.25, -0.2) is 0 Å². The number of nitrogens with two attached hydrogens (primary N) is 1. The molecule has 0 bridgehead atoms. The van der Waals surface area contributed by atoms with Crippen LogP contribution in [0.15, 0.2) is 0 Å². The molecule has 1 aliphatic heterocycles. The number of rotatable bonds is 7. The van der Waals surface area contributed by atoms with Crippen LogP contribution >= 0.6 is 34.8 Å². The Kier molecular flexibility index (Phi) is 9.09. The van der Waals surface area contributed by atoms with Crippen molar-refractivity contribution in [3.63, 3.8) is 0 Å². The quantitative estimate of drug-likeness (QED) is 0.417. The van der Waals surface area contributed by atoms with Gasteiger partial charge in [0.25, 0.3) is 0 Å². The lowest BCUT2D eigenvalue weighted by molar-refractivity contribution is -0.147. The van der Waals surface area contributed by atoms with Crippen LogP contribution in [-0.4, -0.2) is 52.2 Å². The Bertz CT molecular complexity index is 525. The zero-order valence-corrected chi connectivity index (χ0v) is 17.3. The fourth-order valence-electron chi connectivity index (χ4n) is 2.58. The Morgan fingerprint density at radius 1 is 1.19 bits per heavy atom. The van der Waals surface area contributed by atoms with Crippen molar-refractivity contribution in [1.82, 2.24) is 10.6 Å². The Morgan fingerprint density at radius 3 is 2.31 bits per heavy atom. The molecule has 1 heterocycles. The number of ether oxygens (including phenoxy) is 1. The number of nitrogens with one attached hydrogen (secondary N) is 2. The van der Waals surface area contributed by atoms with Crippen LogP contribution in [0.4, 0.5) is 0 Å². The van der Waals surface area contributed by atoms with E-state index in [-0.39, 0.29) is 24.2 Å². The third-order valence-corrected chi connectivity index (χ3v) is 4.53. The van der Waals surface area contributed by atoms with Crippen LogP contribution in [0, 0.1) is 5.92 Å². The predicted molar refractivity (Wildman–Crippen MR) is 101 cm³/mol. The molecule has 4 N–H and O–H groups in total. The molecule has 1 fully saturated rings. The number of carbonyl (C=O) groups excluding carboxylic acids is 3. The summed E-state index contributed by atoms with van der Waals surface area (Å²) in [6.45, 7) is 4.88. The fourth-order valence-corrected chi connectivity index (χ4v) is 2.75. The van der Waals surface area contributed by atoms with E-state index in [9.17, 15) is 14.4 Å². The first kappa shape index (κ1) is 23.4. The third kappa shape index (κ3) is 7.56. The molecule has 1 unspecified atom stereocenters. The number of esters is 1. The summed E-state index contributed by atoms with van der Waals surface area (Å²) >= 11 is 16.7. The Balaban J connectivity index is 2.58. The molecule has 0 aliphatic carbocycles. The molecule has 0 aromatic heterocycles. The largest absolute Gasteiger partial charge is 0.460 e. The Morgan fingerprint density at radius 2 is 1.77 bits per heavy atom. The van der Waals surface area contributed by atoms with Crippen LogP contribution in [-0.2, 0) is 19.1 Å². The van der Waals surface area contributed by atoms with Crippen molar-refractivity contribution in [2.75, 3.05) is 6.61 Å². The van der Waals surface area contributed by atoms with Crippen LogP contribution in [0.2, 0.25) is 0 Å². The first-order chi connectivity index (χ1) is 11.9. The van der Waals surface area contributed by atoms with E-state index in [0.29, 0.717) is 19.3 Å². The molecule has 26 heavy (non-hydrogen) atoms. The second kappa shape index (κ2) is 10.1. The van der Waals surface area contributed by atoms with Crippen LogP contribution in [0.1, 0.15) is 40.0 Å². The van der Waals surface area contributed by atoms with Gasteiger partial charge in [0.1, 0.15) is 12.6 Å². The lowest BCUT2D eigenvalue weighted by Gasteiger charge is -2.31. The minimum absolute atomic E-state index is 0.0397. The summed E-state index contributed by atoms with van der Waals surface area (Å²) in [6.07, 6.45) is 1.73. The molecule has 10 heteroatoms. The van der Waals surface area contributed by atoms with Gasteiger partial charge in [0.05, 0.1) is 18.1 Å². The molecule has 0 aromatic carbocycles. The molecular formula is C16H26Cl3N3O4. The summed E-state index contributed by atoms with van der Waals surface area (Å²) in [5.74, 6) is -1.21. The van der Waals surface area contributed by atoms with E-state index in [4.69, 9.17) is 45.3 Å². The normalized spacial score (nSPS) is 23.2. The maximum Gasteiger partial charge on any atom is 0.323 e. The maximum atomic E-state index is 12.6. The van der Waals surface area contributed by atoms with Crippen molar-refractivity contribution >= 4 is 52.5 Å². The van der Waals surface area contributed by atoms with Crippen molar-refractivity contribution in [3.8, 4) is 0 Å². The minimum Gasteiger partial charge on any atom is -0.460 e. The average Bonchev–Trinajstić information content (AvgIpc) is 2.57. The molecule has 0 saturated carbocycles. The van der Waals surface area contributed by atoms with Crippen LogP contribution in [0.25, 0.3) is 0 Å². The number of alkyl halides is 3. The van der Waals surface area contributed by atoms with Gasteiger partial charge in [-0.3, -0.25) is 19.7 Å². The summed E-state index contributed by atoms with van der Waals surface area (Å²) in [7, 11) is 0. The number of carbonyl (C=O) groups is 3. The van der Waals surface area contributed by atoms with E-state index in [1.165, 1.54) is 0 Å². The van der Waals surface area contributed by atoms with Crippen molar-refractivity contribution in [2.45, 2.75) is 68.0 Å². The zero-order valence-electron chi connectivity index (χ0n) is 15.1. The summed E-state index contributed by atoms with van der Waals surface area (Å²) in [4.78, 5) is 36.7. The highest BCUT2D eigenvalue weighted by atomic mass is 35.6. The Labute approximate surface area is 168 Å². The second-order valence-electron chi connectivity index (χ2n) is 6.83. The molecule has 1 aliphatic rings. The van der Waals surface area contributed by atoms with Crippen LogP contribution < -0.4 is 16.4 Å². The average molecular weight is 431 g/mol. The van der Waals surface area contributed by atoms with E-state index < -0.39 is 33.9 Å². The Hall–Kier alpha value is -0.600. The van der Waals surface area contributed by atoms with Crippen molar-refractivity contribution in [3.05, 3.63) is 0 Å². The van der Waals surface area contributed by atoms with Gasteiger partial charge < -0.3 is 15.8 Å². The van der Waals surface area contributed by atoms with Gasteiger partial charge in [-0.1, -0.05) is 48.7 Å². The summed E-state index contributed by atoms with van der Waals surface area (Å²) < 4.78 is 3.28. The molecule has 0 spiro atoms. The first-order valence-electron chi connectivity index (χ1n) is 8.51. The monoisotopic (exact) mass is 429 g/mol. The molecular weight excluding hydrogens is 405 g/mol. The van der Waals surface area contributed by atoms with E-state index in [1.54, 1.807) is 6.92 Å². The van der Waals surface area contributed by atoms with Gasteiger partial charge in [-0.15, -0.1) is 0 Å². The number of hydrogen-bond acceptors (Lipinski definition) is 6. The van der Waals surface area contributed by atoms with Gasteiger partial charge in [-0.05, 0) is 32.1 Å². The van der Waals surface area contributed by atoms with E-state index in [0.717, 1.165) is 0 Å². The summed E-state index contributed by atoms with van der Waals surface area (Å²) in [5, 5.41) is 5.58. The molecule has 7 nitrogen and oxygen atoms in total. The molecule has 1 amide bonds. The molecule has 0 radical (unpaired) electrons. The van der Waals surface area contributed by atoms with Crippen LogP contribution in [0.5, 0.6) is 0 Å². The maximum absolute atomic E-state index is 12.6. The number of Topliss-reactive ketones (excluding diaryl/α,β-unsaturated/α-hetero) is 1. The summed E-state index contributed by atoms with van der Waals surface area (Å²) in [6, 6.07) is -2.64. The third-order valence-electron chi connectivity index (χ3n) is 4.20. The second-order valence-corrected chi connectivity index (χ2v) is 9.34. The van der Waals surface area contributed by atoms with Gasteiger partial charge in [0, 0.05) is 0 Å². The molecule has 150 valence electrons. The number of piperidine rings is 1. The number of ketones is 1. The van der Waals surface area contributed by atoms with Gasteiger partial charge in [0.15, 0.2) is 5.78 Å². The minimum atomic E-state index is -1.69. The SMILES string of the molecule is CC(C)[C@H](N)C(=O)N[C@@H](C)C(=O)C1CCC[C@@H](C(=O)OCC(Cl)(Cl)Cl)N1. The van der Waals surface area contributed by atoms with Gasteiger partial charge >= 0.3 is 5.97 Å². The zero-order chi connectivity index (χ0) is 20.1. The number of hydrogen-bond donors (Lipinski definition) is 3. The molecule has 0 aromatic rings. The first-order valence-corrected chi connectivity index (χ1v) is 9.65. The lowest BCUT2D eigenvalue weighted by Crippen LogP contribution is -2.57. The lowest BCUT2D eigenvalue weighted by atomic mass is 9.93. The van der Waals surface area contributed by atoms with Crippen LogP contribution in [0.3, 0.4) is 0 Å². The van der Waals surface area contributed by atoms with E-state index in [1.807, 2.05) is 13.8 Å². The fraction of sp³-hybridized carbons (Fsp3) is 0.812. The van der Waals surface area contributed by atoms with E-state index in [2.05, 4.69) is 10.6 Å². The predicted octanol–water partition coefficient (Wildman–Crippen LogP) is 1.47. The number of amides is 1. The molecule has 1 saturated heterocycles. The molecule has 1 rings (SSSR count). The molecule has 4 atom stereocenters. The standard InChI is InChI=1S/C16H26Cl3N3O4/c1-8(2)12(20)14(24)21-9(3)13(23)10-5-4-6-11(22-10)15(25)26-7-16(17,18)19/h8-12,22H,4-7,20H2,1-3H3,(H,21,24)/t9-,10?,11-,12-/m0/s1. The summed E-state index contributed by atoms with van der Waals surface area (Å²) in [5.41, 5.74) is 5.78. The van der Waals surface area contributed by atoms with Gasteiger partial charge in [-0.2, -0.15) is 0 Å². The smallest absolute Gasteiger partial charge is 0.323 e. The number of halogens is 3. The highest BCUT2D eigenvalue weighted by Gasteiger charge is 2.35. The highest BCUT2D eigenvalue weighted by molar-refractivity contribution is 6.67. The van der Waals surface area contributed by atoms with E-state index >= 15 is 0 Å². The van der Waals surface area contributed by atoms with Gasteiger partial charge in [0.2, 0.25) is 9.70 Å².